The number of hydrogen-bond donors (Lipinski definition) is 2. The Morgan fingerprint density at radius 2 is 2.38 bits per heavy atom. The van der Waals surface area contributed by atoms with Crippen molar-refractivity contribution in [3.05, 3.63) is 29.8 Å². The monoisotopic (exact) mass is 178 g/mol. The molecule has 4 nitrogen and oxygen atoms in total. The quantitative estimate of drug-likeness (QED) is 0.528. The molecule has 0 bridgehead atoms. The van der Waals surface area contributed by atoms with E-state index < -0.39 is 0 Å². The summed E-state index contributed by atoms with van der Waals surface area (Å²) in [4.78, 5) is 0. The van der Waals surface area contributed by atoms with Crippen molar-refractivity contribution in [3.63, 3.8) is 0 Å². The van der Waals surface area contributed by atoms with Gasteiger partial charge in [-0.25, -0.2) is 5.32 Å². The van der Waals surface area contributed by atoms with Crippen LogP contribution in [0.15, 0.2) is 24.3 Å². The molecule has 0 amide bonds. The van der Waals surface area contributed by atoms with Crippen LogP contribution in [-0.4, -0.2) is 13.1 Å². The highest BCUT2D eigenvalue weighted by atomic mass is 16.5. The van der Waals surface area contributed by atoms with Crippen LogP contribution in [0, 0.1) is 5.41 Å². The Balaban J connectivity index is 2.61. The minimum Gasteiger partial charge on any atom is -0.497 e. The van der Waals surface area contributed by atoms with E-state index in [1.807, 2.05) is 24.3 Å². The summed E-state index contributed by atoms with van der Waals surface area (Å²) in [6.45, 7) is 0.423. The zero-order valence-electron chi connectivity index (χ0n) is 7.45. The van der Waals surface area contributed by atoms with Crippen LogP contribution < -0.4 is 15.8 Å². The van der Waals surface area contributed by atoms with Gasteiger partial charge in [-0.1, -0.05) is 12.1 Å². The minimum absolute atomic E-state index is 0.150. The van der Waals surface area contributed by atoms with Gasteiger partial charge < -0.3 is 10.5 Å². The fourth-order valence-corrected chi connectivity index (χ4v) is 0.947. The largest absolute Gasteiger partial charge is 0.497 e. The van der Waals surface area contributed by atoms with E-state index in [9.17, 15) is 0 Å². The zero-order chi connectivity index (χ0) is 9.68. The van der Waals surface area contributed by atoms with Crippen LogP contribution in [0.25, 0.3) is 0 Å². The van der Waals surface area contributed by atoms with Gasteiger partial charge in [-0.3, -0.25) is 5.41 Å². The van der Waals surface area contributed by atoms with Gasteiger partial charge in [0.2, 0.25) is 5.96 Å². The first-order valence-electron chi connectivity index (χ1n) is 3.87. The highest BCUT2D eigenvalue weighted by molar-refractivity contribution is 5.73. The molecule has 69 valence electrons. The molecule has 0 heterocycles. The van der Waals surface area contributed by atoms with Crippen LogP contribution in [-0.2, 0) is 6.54 Å². The molecule has 1 aromatic rings. The van der Waals surface area contributed by atoms with E-state index in [-0.39, 0.29) is 5.96 Å². The minimum atomic E-state index is -0.150. The van der Waals surface area contributed by atoms with E-state index in [2.05, 4.69) is 5.32 Å². The maximum Gasteiger partial charge on any atom is 0.208 e. The molecular formula is C9H12N3O. The Hall–Kier alpha value is -1.71. The first-order chi connectivity index (χ1) is 6.22. The summed E-state index contributed by atoms with van der Waals surface area (Å²) in [7, 11) is 1.61. The molecule has 13 heavy (non-hydrogen) atoms. The fourth-order valence-electron chi connectivity index (χ4n) is 0.947. The van der Waals surface area contributed by atoms with Crippen molar-refractivity contribution in [3.8, 4) is 5.75 Å². The third-order valence-electron chi connectivity index (χ3n) is 1.57. The summed E-state index contributed by atoms with van der Waals surface area (Å²) in [5, 5.41) is 10.7. The van der Waals surface area contributed by atoms with E-state index in [0.29, 0.717) is 6.54 Å². The summed E-state index contributed by atoms with van der Waals surface area (Å²) in [6.07, 6.45) is 0. The molecule has 1 aromatic carbocycles. The Labute approximate surface area is 77.2 Å². The molecule has 1 rings (SSSR count). The van der Waals surface area contributed by atoms with Crippen LogP contribution in [0.4, 0.5) is 0 Å². The number of guanidine groups is 1. The Kier molecular flexibility index (Phi) is 3.14. The van der Waals surface area contributed by atoms with Gasteiger partial charge >= 0.3 is 0 Å². The highest BCUT2D eigenvalue weighted by Gasteiger charge is 1.96. The van der Waals surface area contributed by atoms with Crippen molar-refractivity contribution < 1.29 is 4.74 Å². The second-order valence-electron chi connectivity index (χ2n) is 2.55. The van der Waals surface area contributed by atoms with Crippen LogP contribution in [0.1, 0.15) is 5.56 Å². The number of rotatable bonds is 3. The number of ether oxygens (including phenoxy) is 1. The van der Waals surface area contributed by atoms with Crippen LogP contribution in [0.2, 0.25) is 0 Å². The molecule has 0 aliphatic rings. The maximum absolute atomic E-state index is 6.92. The second-order valence-corrected chi connectivity index (χ2v) is 2.55. The van der Waals surface area contributed by atoms with Crippen molar-refractivity contribution in [1.82, 2.24) is 5.32 Å². The lowest BCUT2D eigenvalue weighted by molar-refractivity contribution is 0.414. The molecule has 0 spiro atoms. The molecule has 0 atom stereocenters. The number of benzene rings is 1. The molecule has 0 aliphatic carbocycles. The van der Waals surface area contributed by atoms with Crippen LogP contribution in [0.5, 0.6) is 5.75 Å². The number of hydrogen-bond acceptors (Lipinski definition) is 2. The molecule has 0 saturated heterocycles. The molecule has 0 aliphatic heterocycles. The van der Waals surface area contributed by atoms with Crippen molar-refractivity contribution in [2.45, 2.75) is 6.54 Å². The summed E-state index contributed by atoms with van der Waals surface area (Å²) in [5.41, 5.74) is 6.08. The third-order valence-corrected chi connectivity index (χ3v) is 1.57. The van der Waals surface area contributed by atoms with E-state index >= 15 is 0 Å². The SMILES string of the molecule is COc1cccc(C[N]C(=N)N)c1. The zero-order valence-corrected chi connectivity index (χ0v) is 7.45. The van der Waals surface area contributed by atoms with E-state index in [4.69, 9.17) is 15.9 Å². The number of nitrogens with two attached hydrogens (primary N) is 1. The van der Waals surface area contributed by atoms with Crippen molar-refractivity contribution in [2.75, 3.05) is 7.11 Å². The molecule has 0 aromatic heterocycles. The predicted molar refractivity (Wildman–Crippen MR) is 50.7 cm³/mol. The molecular weight excluding hydrogens is 166 g/mol. The highest BCUT2D eigenvalue weighted by Crippen LogP contribution is 2.12. The summed E-state index contributed by atoms with van der Waals surface area (Å²) < 4.78 is 5.04. The second kappa shape index (κ2) is 4.35. The average molecular weight is 178 g/mol. The van der Waals surface area contributed by atoms with Crippen molar-refractivity contribution >= 4 is 5.96 Å². The predicted octanol–water partition coefficient (Wildman–Crippen LogP) is 0.693. The van der Waals surface area contributed by atoms with Gasteiger partial charge in [0.25, 0.3) is 0 Å². The topological polar surface area (TPSA) is 73.2 Å². The Morgan fingerprint density at radius 3 is 3.00 bits per heavy atom. The maximum atomic E-state index is 6.92. The van der Waals surface area contributed by atoms with Gasteiger partial charge in [0, 0.05) is 0 Å². The van der Waals surface area contributed by atoms with Gasteiger partial charge in [0.05, 0.1) is 13.7 Å². The van der Waals surface area contributed by atoms with Gasteiger partial charge in [0.15, 0.2) is 0 Å². The van der Waals surface area contributed by atoms with E-state index in [1.54, 1.807) is 7.11 Å². The summed E-state index contributed by atoms with van der Waals surface area (Å²) in [6, 6.07) is 7.52. The molecule has 0 unspecified atom stereocenters. The number of nitrogens with one attached hydrogen (secondary N) is 1. The summed E-state index contributed by atoms with van der Waals surface area (Å²) >= 11 is 0. The smallest absolute Gasteiger partial charge is 0.208 e. The molecule has 3 N–H and O–H groups in total. The Morgan fingerprint density at radius 1 is 1.62 bits per heavy atom. The van der Waals surface area contributed by atoms with Gasteiger partial charge in [-0.2, -0.15) is 0 Å². The number of nitrogens with zero attached hydrogens (tertiary/aromatic N) is 1. The van der Waals surface area contributed by atoms with Crippen LogP contribution >= 0.6 is 0 Å². The average Bonchev–Trinajstić information content (AvgIpc) is 2.15. The normalized spacial score (nSPS) is 9.31. The number of methoxy groups -OCH3 is 1. The van der Waals surface area contributed by atoms with E-state index in [0.717, 1.165) is 11.3 Å². The lowest BCUT2D eigenvalue weighted by atomic mass is 10.2. The first kappa shape index (κ1) is 9.38. The van der Waals surface area contributed by atoms with Crippen LogP contribution in [0.3, 0.4) is 0 Å². The molecule has 0 fully saturated rings. The van der Waals surface area contributed by atoms with Gasteiger partial charge in [-0.05, 0) is 17.7 Å². The molecule has 4 heteroatoms. The standard InChI is InChI=1S/C9H12N3O/c1-13-8-4-2-3-7(5-8)6-12-9(10)11/h2-5H,6H2,1H3,(H3,10,11). The van der Waals surface area contributed by atoms with E-state index in [1.165, 1.54) is 0 Å². The van der Waals surface area contributed by atoms with Crippen molar-refractivity contribution in [1.29, 1.82) is 5.41 Å². The molecule has 0 saturated carbocycles. The Bertz CT molecular complexity index is 299. The molecule has 1 radical (unpaired) electrons. The summed E-state index contributed by atoms with van der Waals surface area (Å²) in [5.74, 6) is 0.638. The lowest BCUT2D eigenvalue weighted by Gasteiger charge is -2.03. The first-order valence-corrected chi connectivity index (χ1v) is 3.87. The fraction of sp³-hybridized carbons (Fsp3) is 0.222. The lowest BCUT2D eigenvalue weighted by Crippen LogP contribution is -2.22. The van der Waals surface area contributed by atoms with Crippen molar-refractivity contribution in [2.24, 2.45) is 5.73 Å². The van der Waals surface area contributed by atoms with Gasteiger partial charge in [0.1, 0.15) is 5.75 Å². The third kappa shape index (κ3) is 3.02. The van der Waals surface area contributed by atoms with Gasteiger partial charge in [-0.15, -0.1) is 0 Å².